The molecule has 0 saturated heterocycles. The van der Waals surface area contributed by atoms with Crippen LogP contribution in [0, 0.1) is 5.82 Å². The molecular weight excluding hydrogens is 306 g/mol. The monoisotopic (exact) mass is 317 g/mol. The predicted octanol–water partition coefficient (Wildman–Crippen LogP) is 3.58. The molecule has 0 saturated carbocycles. The number of hydrogen-bond donors (Lipinski definition) is 0. The molecule has 0 aliphatic rings. The lowest BCUT2D eigenvalue weighted by Crippen LogP contribution is -2.17. The van der Waals surface area contributed by atoms with E-state index in [1.807, 2.05) is 0 Å². The van der Waals surface area contributed by atoms with Crippen molar-refractivity contribution < 1.29 is 31.8 Å². The van der Waals surface area contributed by atoms with Gasteiger partial charge in [-0.05, 0) is 25.1 Å². The Balaban J connectivity index is 2.82. The largest absolute Gasteiger partial charge is 0.497 e. The van der Waals surface area contributed by atoms with E-state index in [0.717, 1.165) is 6.07 Å². The number of carbonyl (C=O) groups excluding carboxylic acids is 1. The second-order valence-corrected chi connectivity index (χ2v) is 4.25. The highest BCUT2D eigenvalue weighted by atomic mass is 19.4. The molecule has 0 amide bonds. The van der Waals surface area contributed by atoms with Crippen molar-refractivity contribution in [1.29, 1.82) is 0 Å². The molecule has 0 bridgehead atoms. The van der Waals surface area contributed by atoms with Gasteiger partial charge >= 0.3 is 12.1 Å². The summed E-state index contributed by atoms with van der Waals surface area (Å²) >= 11 is 0. The first-order valence-corrected chi connectivity index (χ1v) is 6.21. The fraction of sp³-hybridized carbons (Fsp3) is 0.286. The van der Waals surface area contributed by atoms with E-state index >= 15 is 0 Å². The zero-order valence-electron chi connectivity index (χ0n) is 11.6. The van der Waals surface area contributed by atoms with E-state index in [2.05, 4.69) is 9.72 Å². The van der Waals surface area contributed by atoms with Crippen LogP contribution in [-0.4, -0.2) is 24.7 Å². The molecule has 0 aliphatic heterocycles. The summed E-state index contributed by atoms with van der Waals surface area (Å²) in [7, 11) is 1.27. The van der Waals surface area contributed by atoms with Gasteiger partial charge < -0.3 is 9.47 Å². The number of ether oxygens (including phenoxy) is 2. The van der Waals surface area contributed by atoms with E-state index in [1.165, 1.54) is 26.2 Å². The molecule has 1 heterocycles. The van der Waals surface area contributed by atoms with Crippen LogP contribution in [-0.2, 0) is 10.9 Å². The maximum absolute atomic E-state index is 14.2. The van der Waals surface area contributed by atoms with Gasteiger partial charge in [-0.1, -0.05) is 0 Å². The molecule has 0 aliphatic carbocycles. The third-order valence-electron chi connectivity index (χ3n) is 2.88. The number of hydrogen-bond acceptors (Lipinski definition) is 4. The number of aromatic nitrogens is 1. The second-order valence-electron chi connectivity index (χ2n) is 4.25. The first-order valence-electron chi connectivity index (χ1n) is 6.21. The molecule has 1 aromatic heterocycles. The van der Waals surface area contributed by atoms with Crippen LogP contribution in [0.5, 0.6) is 5.75 Å². The van der Waals surface area contributed by atoms with Gasteiger partial charge in [-0.15, -0.1) is 0 Å². The molecular formula is C14H11F4NO3. The number of carbonyl (C=O) groups is 1. The second kappa shape index (κ2) is 5.78. The van der Waals surface area contributed by atoms with Crippen molar-refractivity contribution in [2.24, 2.45) is 0 Å². The van der Waals surface area contributed by atoms with Gasteiger partial charge in [0.05, 0.1) is 19.2 Å². The SMILES string of the molecule is CCOC(=O)c1nc2ccc(OC)cc2c(C(F)(F)F)c1F. The average Bonchev–Trinajstić information content (AvgIpc) is 2.44. The van der Waals surface area contributed by atoms with Crippen LogP contribution >= 0.6 is 0 Å². The van der Waals surface area contributed by atoms with E-state index in [1.54, 1.807) is 0 Å². The van der Waals surface area contributed by atoms with Crippen molar-refractivity contribution in [3.63, 3.8) is 0 Å². The van der Waals surface area contributed by atoms with E-state index in [4.69, 9.17) is 4.74 Å². The summed E-state index contributed by atoms with van der Waals surface area (Å²) in [6, 6.07) is 3.59. The standard InChI is InChI=1S/C14H11F4NO3/c1-3-22-13(20)12-11(15)10(14(16,17)18)8-6-7(21-2)4-5-9(8)19-12/h4-6H,3H2,1-2H3. The minimum Gasteiger partial charge on any atom is -0.497 e. The zero-order valence-corrected chi connectivity index (χ0v) is 11.6. The summed E-state index contributed by atoms with van der Waals surface area (Å²) in [5.74, 6) is -2.89. The highest BCUT2D eigenvalue weighted by molar-refractivity contribution is 5.93. The van der Waals surface area contributed by atoms with Crippen LogP contribution in [0.25, 0.3) is 10.9 Å². The molecule has 1 aromatic carbocycles. The number of rotatable bonds is 3. The number of nitrogens with zero attached hydrogens (tertiary/aromatic N) is 1. The quantitative estimate of drug-likeness (QED) is 0.641. The van der Waals surface area contributed by atoms with Gasteiger partial charge in [-0.3, -0.25) is 0 Å². The fourth-order valence-corrected chi connectivity index (χ4v) is 1.96. The third-order valence-corrected chi connectivity index (χ3v) is 2.88. The molecule has 0 N–H and O–H groups in total. The molecule has 0 radical (unpaired) electrons. The molecule has 0 spiro atoms. The Morgan fingerprint density at radius 3 is 2.55 bits per heavy atom. The Morgan fingerprint density at radius 1 is 1.32 bits per heavy atom. The van der Waals surface area contributed by atoms with Crippen molar-refractivity contribution >= 4 is 16.9 Å². The van der Waals surface area contributed by atoms with Crippen molar-refractivity contribution in [3.05, 3.63) is 35.3 Å². The summed E-state index contributed by atoms with van der Waals surface area (Å²) in [4.78, 5) is 15.2. The summed E-state index contributed by atoms with van der Waals surface area (Å²) in [5, 5.41) is -0.489. The zero-order chi connectivity index (χ0) is 16.5. The van der Waals surface area contributed by atoms with Crippen LogP contribution < -0.4 is 4.74 Å². The highest BCUT2D eigenvalue weighted by Gasteiger charge is 2.39. The van der Waals surface area contributed by atoms with Crippen LogP contribution in [0.4, 0.5) is 17.6 Å². The Morgan fingerprint density at radius 2 is 2.00 bits per heavy atom. The van der Waals surface area contributed by atoms with Gasteiger partial charge in [0.25, 0.3) is 0 Å². The topological polar surface area (TPSA) is 48.4 Å². The van der Waals surface area contributed by atoms with Gasteiger partial charge in [-0.2, -0.15) is 13.2 Å². The molecule has 22 heavy (non-hydrogen) atoms. The number of alkyl halides is 3. The number of benzene rings is 1. The number of fused-ring (bicyclic) bond motifs is 1. The van der Waals surface area contributed by atoms with Crippen molar-refractivity contribution in [3.8, 4) is 5.75 Å². The first-order chi connectivity index (χ1) is 10.3. The Labute approximate surface area is 122 Å². The minimum atomic E-state index is -5.00. The predicted molar refractivity (Wildman–Crippen MR) is 69.2 cm³/mol. The van der Waals surface area contributed by atoms with Crippen molar-refractivity contribution in [1.82, 2.24) is 4.98 Å². The fourth-order valence-electron chi connectivity index (χ4n) is 1.96. The van der Waals surface area contributed by atoms with Gasteiger partial charge in [0.1, 0.15) is 11.3 Å². The lowest BCUT2D eigenvalue weighted by Gasteiger charge is -2.14. The van der Waals surface area contributed by atoms with E-state index in [-0.39, 0.29) is 17.9 Å². The maximum Gasteiger partial charge on any atom is 0.419 e. The third kappa shape index (κ3) is 2.81. The normalized spacial score (nSPS) is 11.5. The van der Waals surface area contributed by atoms with Crippen LogP contribution in [0.2, 0.25) is 0 Å². The molecule has 0 unspecified atom stereocenters. The number of halogens is 4. The summed E-state index contributed by atoms with van der Waals surface area (Å²) in [6.07, 6.45) is -5.00. The Kier molecular flexibility index (Phi) is 4.20. The molecule has 118 valence electrons. The van der Waals surface area contributed by atoms with E-state index in [9.17, 15) is 22.4 Å². The van der Waals surface area contributed by atoms with Gasteiger partial charge in [-0.25, -0.2) is 14.2 Å². The van der Waals surface area contributed by atoms with Gasteiger partial charge in [0.15, 0.2) is 11.5 Å². The van der Waals surface area contributed by atoms with Crippen LogP contribution in [0.15, 0.2) is 18.2 Å². The Bertz CT molecular complexity index is 728. The number of pyridine rings is 1. The molecule has 2 aromatic rings. The Hall–Kier alpha value is -2.38. The van der Waals surface area contributed by atoms with E-state index in [0.29, 0.717) is 0 Å². The molecule has 0 fully saturated rings. The van der Waals surface area contributed by atoms with E-state index < -0.39 is 34.6 Å². The smallest absolute Gasteiger partial charge is 0.419 e. The summed E-state index contributed by atoms with van der Waals surface area (Å²) in [5.41, 5.74) is -2.75. The average molecular weight is 317 g/mol. The first kappa shape index (κ1) is 16.0. The van der Waals surface area contributed by atoms with Gasteiger partial charge in [0, 0.05) is 5.39 Å². The minimum absolute atomic E-state index is 0.109. The molecule has 8 heteroatoms. The molecule has 0 atom stereocenters. The molecule has 4 nitrogen and oxygen atoms in total. The highest BCUT2D eigenvalue weighted by Crippen LogP contribution is 2.38. The van der Waals surface area contributed by atoms with Gasteiger partial charge in [0.2, 0.25) is 0 Å². The van der Waals surface area contributed by atoms with Crippen molar-refractivity contribution in [2.45, 2.75) is 13.1 Å². The van der Waals surface area contributed by atoms with Crippen molar-refractivity contribution in [2.75, 3.05) is 13.7 Å². The van der Waals surface area contributed by atoms with Crippen LogP contribution in [0.3, 0.4) is 0 Å². The summed E-state index contributed by atoms with van der Waals surface area (Å²) < 4.78 is 63.1. The van der Waals surface area contributed by atoms with Crippen LogP contribution in [0.1, 0.15) is 23.0 Å². The number of esters is 1. The molecule has 2 rings (SSSR count). The summed E-state index contributed by atoms with van der Waals surface area (Å²) in [6.45, 7) is 1.34. The maximum atomic E-state index is 14.2. The lowest BCUT2D eigenvalue weighted by molar-refractivity contribution is -0.138. The lowest BCUT2D eigenvalue weighted by atomic mass is 10.1. The number of methoxy groups -OCH3 is 1.